The maximum atomic E-state index is 13.6. The summed E-state index contributed by atoms with van der Waals surface area (Å²) in [5.41, 5.74) is 2.12. The lowest BCUT2D eigenvalue weighted by Gasteiger charge is -2.13. The highest BCUT2D eigenvalue weighted by Crippen LogP contribution is 2.33. The first-order valence-corrected chi connectivity index (χ1v) is 10.8. The van der Waals surface area contributed by atoms with Gasteiger partial charge in [0, 0.05) is 11.1 Å². The van der Waals surface area contributed by atoms with Crippen molar-refractivity contribution >= 4 is 27.5 Å². The minimum Gasteiger partial charge on any atom is -0.467 e. The van der Waals surface area contributed by atoms with Crippen LogP contribution in [-0.2, 0) is 25.9 Å². The van der Waals surface area contributed by atoms with Crippen LogP contribution >= 0.6 is 11.3 Å². The molecule has 148 valence electrons. The van der Waals surface area contributed by atoms with Crippen molar-refractivity contribution in [2.24, 2.45) is 0 Å². The summed E-state index contributed by atoms with van der Waals surface area (Å²) >= 11 is 1.68. The number of nitrogens with zero attached hydrogens (tertiary/aromatic N) is 3. The Labute approximate surface area is 172 Å². The van der Waals surface area contributed by atoms with Gasteiger partial charge < -0.3 is 9.73 Å². The molecule has 4 heterocycles. The van der Waals surface area contributed by atoms with Gasteiger partial charge in [-0.1, -0.05) is 12.5 Å². The average Bonchev–Trinajstić information content (AvgIpc) is 3.31. The number of fused-ring (bicyclic) bond motifs is 3. The van der Waals surface area contributed by atoms with E-state index in [4.69, 9.17) is 9.40 Å². The van der Waals surface area contributed by atoms with E-state index in [-0.39, 0.29) is 5.56 Å². The molecule has 0 unspecified atom stereocenters. The Morgan fingerprint density at radius 2 is 2.07 bits per heavy atom. The summed E-state index contributed by atoms with van der Waals surface area (Å²) < 4.78 is 7.21. The van der Waals surface area contributed by atoms with Gasteiger partial charge in [-0.05, 0) is 55.5 Å². The Morgan fingerprint density at radius 3 is 2.90 bits per heavy atom. The van der Waals surface area contributed by atoms with Crippen molar-refractivity contribution < 1.29 is 4.42 Å². The molecule has 0 fully saturated rings. The van der Waals surface area contributed by atoms with Gasteiger partial charge in [-0.25, -0.2) is 4.98 Å². The molecular weight excluding hydrogens is 384 g/mol. The Bertz CT molecular complexity index is 1180. The summed E-state index contributed by atoms with van der Waals surface area (Å²) in [4.78, 5) is 24.9. The standard InChI is InChI=1S/C22H22N4O2S/c27-21-19-17-9-2-1-3-10-18(17)29-20(19)25-22(24-13-15-7-4-5-11-23-15)26(21)14-16-8-6-12-28-16/h4-8,11-12H,1-3,9-10,13-14H2,(H,24,25). The van der Waals surface area contributed by atoms with E-state index in [0.717, 1.165) is 40.9 Å². The van der Waals surface area contributed by atoms with E-state index in [9.17, 15) is 4.79 Å². The van der Waals surface area contributed by atoms with E-state index < -0.39 is 0 Å². The molecule has 1 aliphatic carbocycles. The van der Waals surface area contributed by atoms with Crippen LogP contribution in [0.4, 0.5) is 5.95 Å². The average molecular weight is 407 g/mol. The number of aryl methyl sites for hydroxylation is 2. The zero-order valence-electron chi connectivity index (χ0n) is 16.1. The number of anilines is 1. The molecule has 0 aromatic carbocycles. The van der Waals surface area contributed by atoms with Crippen LogP contribution in [0.2, 0.25) is 0 Å². The van der Waals surface area contributed by atoms with Crippen LogP contribution in [-0.4, -0.2) is 14.5 Å². The fourth-order valence-electron chi connectivity index (χ4n) is 3.93. The molecular formula is C22H22N4O2S. The van der Waals surface area contributed by atoms with Crippen LogP contribution in [0.1, 0.15) is 41.2 Å². The molecule has 0 aliphatic heterocycles. The first kappa shape index (κ1) is 18.1. The van der Waals surface area contributed by atoms with E-state index in [1.54, 1.807) is 28.4 Å². The van der Waals surface area contributed by atoms with Gasteiger partial charge in [-0.15, -0.1) is 11.3 Å². The molecule has 0 saturated heterocycles. The number of rotatable bonds is 5. The molecule has 0 bridgehead atoms. The molecule has 0 saturated carbocycles. The SMILES string of the molecule is O=c1c2c3c(sc2nc(NCc2ccccn2)n1Cc1ccco1)CCCCC3. The zero-order chi connectivity index (χ0) is 19.6. The predicted octanol–water partition coefficient (Wildman–Crippen LogP) is 4.38. The molecule has 0 atom stereocenters. The minimum atomic E-state index is 0.00863. The molecule has 1 N–H and O–H groups in total. The van der Waals surface area contributed by atoms with Gasteiger partial charge in [-0.2, -0.15) is 0 Å². The number of nitrogens with one attached hydrogen (secondary N) is 1. The highest BCUT2D eigenvalue weighted by Gasteiger charge is 2.21. The first-order valence-electron chi connectivity index (χ1n) is 10.0. The summed E-state index contributed by atoms with van der Waals surface area (Å²) in [6.07, 6.45) is 8.95. The van der Waals surface area contributed by atoms with Crippen LogP contribution in [0.5, 0.6) is 0 Å². The Morgan fingerprint density at radius 1 is 1.14 bits per heavy atom. The van der Waals surface area contributed by atoms with Gasteiger partial charge in [0.25, 0.3) is 5.56 Å². The van der Waals surface area contributed by atoms with Gasteiger partial charge in [0.05, 0.1) is 30.4 Å². The quantitative estimate of drug-likeness (QED) is 0.498. The third kappa shape index (κ3) is 3.58. The number of hydrogen-bond acceptors (Lipinski definition) is 6. The van der Waals surface area contributed by atoms with Crippen molar-refractivity contribution in [1.82, 2.24) is 14.5 Å². The molecule has 29 heavy (non-hydrogen) atoms. The van der Waals surface area contributed by atoms with Crippen molar-refractivity contribution in [3.8, 4) is 0 Å². The Balaban J connectivity index is 1.60. The highest BCUT2D eigenvalue weighted by atomic mass is 32.1. The Hall–Kier alpha value is -2.93. The van der Waals surface area contributed by atoms with E-state index in [0.29, 0.717) is 19.0 Å². The monoisotopic (exact) mass is 406 g/mol. The second-order valence-electron chi connectivity index (χ2n) is 7.33. The number of aromatic nitrogens is 3. The molecule has 0 radical (unpaired) electrons. The molecule has 0 amide bonds. The lowest BCUT2D eigenvalue weighted by atomic mass is 10.1. The maximum absolute atomic E-state index is 13.6. The largest absolute Gasteiger partial charge is 0.467 e. The first-order chi connectivity index (χ1) is 14.3. The topological polar surface area (TPSA) is 73.0 Å². The predicted molar refractivity (Wildman–Crippen MR) is 115 cm³/mol. The number of hydrogen-bond donors (Lipinski definition) is 1. The lowest BCUT2D eigenvalue weighted by molar-refractivity contribution is 0.490. The fraction of sp³-hybridized carbons (Fsp3) is 0.318. The number of furan rings is 1. The van der Waals surface area contributed by atoms with Crippen molar-refractivity contribution in [1.29, 1.82) is 0 Å². The van der Waals surface area contributed by atoms with E-state index in [1.807, 2.05) is 30.3 Å². The molecule has 4 aromatic heterocycles. The molecule has 4 aromatic rings. The molecule has 0 spiro atoms. The smallest absolute Gasteiger partial charge is 0.264 e. The minimum absolute atomic E-state index is 0.00863. The van der Waals surface area contributed by atoms with Crippen LogP contribution in [0.3, 0.4) is 0 Å². The fourth-order valence-corrected chi connectivity index (χ4v) is 5.18. The second kappa shape index (κ2) is 7.83. The van der Waals surface area contributed by atoms with Crippen LogP contribution in [0.15, 0.2) is 52.0 Å². The third-order valence-corrected chi connectivity index (χ3v) is 6.56. The molecule has 5 rings (SSSR count). The van der Waals surface area contributed by atoms with Crippen molar-refractivity contribution in [3.05, 3.63) is 75.0 Å². The summed E-state index contributed by atoms with van der Waals surface area (Å²) in [7, 11) is 0. The van der Waals surface area contributed by atoms with Gasteiger partial charge in [0.1, 0.15) is 10.6 Å². The number of pyridine rings is 1. The second-order valence-corrected chi connectivity index (χ2v) is 8.41. The van der Waals surface area contributed by atoms with Crippen molar-refractivity contribution in [2.75, 3.05) is 5.32 Å². The maximum Gasteiger partial charge on any atom is 0.264 e. The summed E-state index contributed by atoms with van der Waals surface area (Å²) in [6, 6.07) is 9.51. The van der Waals surface area contributed by atoms with Crippen LogP contribution < -0.4 is 10.9 Å². The van der Waals surface area contributed by atoms with Gasteiger partial charge in [-0.3, -0.25) is 14.3 Å². The summed E-state index contributed by atoms with van der Waals surface area (Å²) in [5, 5.41) is 4.12. The zero-order valence-corrected chi connectivity index (χ0v) is 16.9. The summed E-state index contributed by atoms with van der Waals surface area (Å²) in [5.74, 6) is 1.29. The third-order valence-electron chi connectivity index (χ3n) is 5.37. The van der Waals surface area contributed by atoms with Gasteiger partial charge in [0.2, 0.25) is 5.95 Å². The van der Waals surface area contributed by atoms with Gasteiger partial charge >= 0.3 is 0 Å². The van der Waals surface area contributed by atoms with E-state index in [2.05, 4.69) is 10.3 Å². The molecule has 1 aliphatic rings. The number of thiophene rings is 1. The normalized spacial score (nSPS) is 13.9. The van der Waals surface area contributed by atoms with Crippen LogP contribution in [0, 0.1) is 0 Å². The van der Waals surface area contributed by atoms with Gasteiger partial charge in [0.15, 0.2) is 0 Å². The van der Waals surface area contributed by atoms with E-state index >= 15 is 0 Å². The van der Waals surface area contributed by atoms with Crippen molar-refractivity contribution in [2.45, 2.75) is 45.2 Å². The highest BCUT2D eigenvalue weighted by molar-refractivity contribution is 7.18. The van der Waals surface area contributed by atoms with Crippen LogP contribution in [0.25, 0.3) is 10.2 Å². The van der Waals surface area contributed by atoms with E-state index in [1.165, 1.54) is 23.3 Å². The van der Waals surface area contributed by atoms with Crippen molar-refractivity contribution in [3.63, 3.8) is 0 Å². The summed E-state index contributed by atoms with van der Waals surface area (Å²) in [6.45, 7) is 0.853. The molecule has 7 heteroatoms. The Kier molecular flexibility index (Phi) is 4.89. The lowest BCUT2D eigenvalue weighted by Crippen LogP contribution is -2.25. The molecule has 6 nitrogen and oxygen atoms in total.